The van der Waals surface area contributed by atoms with E-state index in [9.17, 15) is 14.4 Å². The number of esters is 1. The van der Waals surface area contributed by atoms with E-state index in [1.807, 2.05) is 0 Å². The molecule has 0 fully saturated rings. The zero-order valence-corrected chi connectivity index (χ0v) is 15.0. The Bertz CT molecular complexity index is 606. The zero-order valence-electron chi connectivity index (χ0n) is 15.0. The number of aryl methyl sites for hydroxylation is 1. The molecule has 0 saturated carbocycles. The summed E-state index contributed by atoms with van der Waals surface area (Å²) in [6, 6.07) is 0. The molecule has 0 radical (unpaired) electrons. The summed E-state index contributed by atoms with van der Waals surface area (Å²) in [5.74, 6) is -0.815. The molecule has 1 heterocycles. The van der Waals surface area contributed by atoms with Crippen molar-refractivity contribution in [2.45, 2.75) is 34.1 Å². The Morgan fingerprint density at radius 2 is 1.83 bits per heavy atom. The maximum absolute atomic E-state index is 12.7. The van der Waals surface area contributed by atoms with E-state index in [4.69, 9.17) is 9.47 Å². The Hall–Kier alpha value is -2.15. The molecule has 24 heavy (non-hydrogen) atoms. The number of methoxy groups -OCH3 is 1. The summed E-state index contributed by atoms with van der Waals surface area (Å²) in [5, 5.41) is 0. The summed E-state index contributed by atoms with van der Waals surface area (Å²) in [6.45, 7) is 7.82. The van der Waals surface area contributed by atoms with Gasteiger partial charge in [-0.15, -0.1) is 0 Å². The van der Waals surface area contributed by atoms with Crippen molar-refractivity contribution in [3.05, 3.63) is 22.5 Å². The van der Waals surface area contributed by atoms with E-state index in [1.54, 1.807) is 34.8 Å². The molecule has 1 N–H and O–H groups in total. The third-order valence-electron chi connectivity index (χ3n) is 3.75. The van der Waals surface area contributed by atoms with Gasteiger partial charge in [0.1, 0.15) is 5.69 Å². The molecule has 0 unspecified atom stereocenters. The number of amides is 1. The summed E-state index contributed by atoms with van der Waals surface area (Å²) < 4.78 is 9.98. The lowest BCUT2D eigenvalue weighted by Crippen LogP contribution is -2.37. The summed E-state index contributed by atoms with van der Waals surface area (Å²) in [6.07, 6.45) is 0.316. The van der Waals surface area contributed by atoms with Gasteiger partial charge in [0.25, 0.3) is 0 Å². The predicted molar refractivity (Wildman–Crippen MR) is 89.3 cm³/mol. The molecule has 1 aromatic heterocycles. The molecule has 1 rings (SSSR count). The molecule has 0 aliphatic heterocycles. The van der Waals surface area contributed by atoms with Crippen molar-refractivity contribution in [2.75, 3.05) is 33.4 Å². The lowest BCUT2D eigenvalue weighted by atomic mass is 10.1. The van der Waals surface area contributed by atoms with Crippen LogP contribution in [0.3, 0.4) is 0 Å². The molecule has 0 atom stereocenters. The Kier molecular flexibility index (Phi) is 7.64. The van der Waals surface area contributed by atoms with Crippen LogP contribution in [0.4, 0.5) is 0 Å². The van der Waals surface area contributed by atoms with Crippen LogP contribution in [0.15, 0.2) is 0 Å². The molecule has 0 spiro atoms. The minimum Gasteiger partial charge on any atom is -0.461 e. The highest BCUT2D eigenvalue weighted by Gasteiger charge is 2.25. The quantitative estimate of drug-likeness (QED) is 0.548. The van der Waals surface area contributed by atoms with Crippen LogP contribution in [0.2, 0.25) is 0 Å². The monoisotopic (exact) mass is 338 g/mol. The first-order valence-corrected chi connectivity index (χ1v) is 8.03. The van der Waals surface area contributed by atoms with Crippen LogP contribution in [0.25, 0.3) is 0 Å². The summed E-state index contributed by atoms with van der Waals surface area (Å²) in [5.41, 5.74) is 1.86. The number of aromatic amines is 1. The first-order valence-electron chi connectivity index (χ1n) is 8.03. The lowest BCUT2D eigenvalue weighted by molar-refractivity contribution is -0.131. The summed E-state index contributed by atoms with van der Waals surface area (Å²) >= 11 is 0. The van der Waals surface area contributed by atoms with Crippen molar-refractivity contribution in [1.82, 2.24) is 9.88 Å². The van der Waals surface area contributed by atoms with Crippen molar-refractivity contribution in [2.24, 2.45) is 0 Å². The van der Waals surface area contributed by atoms with Crippen LogP contribution in [0.5, 0.6) is 0 Å². The molecule has 0 aromatic carbocycles. The first kappa shape index (κ1) is 19.9. The van der Waals surface area contributed by atoms with Gasteiger partial charge in [0, 0.05) is 31.3 Å². The van der Waals surface area contributed by atoms with Gasteiger partial charge in [0.2, 0.25) is 5.91 Å². The molecule has 0 bridgehead atoms. The minimum atomic E-state index is -0.488. The van der Waals surface area contributed by atoms with E-state index < -0.39 is 5.97 Å². The van der Waals surface area contributed by atoms with Gasteiger partial charge in [0.15, 0.2) is 5.78 Å². The molecule has 134 valence electrons. The van der Waals surface area contributed by atoms with E-state index in [0.717, 1.165) is 0 Å². The highest BCUT2D eigenvalue weighted by atomic mass is 16.5. The standard InChI is InChI=1S/C17H26N2O5/c1-6-14(21)19(8-9-23-5)10-13(20)15-11(3)16(18-12(15)4)17(22)24-7-2/h18H,6-10H2,1-5H3. The maximum atomic E-state index is 12.7. The Morgan fingerprint density at radius 1 is 1.17 bits per heavy atom. The number of aromatic nitrogens is 1. The third-order valence-corrected chi connectivity index (χ3v) is 3.75. The smallest absolute Gasteiger partial charge is 0.355 e. The van der Waals surface area contributed by atoms with Crippen LogP contribution >= 0.6 is 0 Å². The van der Waals surface area contributed by atoms with Crippen molar-refractivity contribution < 1.29 is 23.9 Å². The number of hydrogen-bond acceptors (Lipinski definition) is 5. The van der Waals surface area contributed by atoms with E-state index >= 15 is 0 Å². The molecular weight excluding hydrogens is 312 g/mol. The number of rotatable bonds is 9. The van der Waals surface area contributed by atoms with E-state index in [-0.39, 0.29) is 30.5 Å². The SMILES string of the molecule is CCOC(=O)c1[nH]c(C)c(C(=O)CN(CCOC)C(=O)CC)c1C. The minimum absolute atomic E-state index is 0.0438. The number of nitrogens with one attached hydrogen (secondary N) is 1. The highest BCUT2D eigenvalue weighted by molar-refractivity contribution is 6.04. The van der Waals surface area contributed by atoms with Gasteiger partial charge in [-0.3, -0.25) is 9.59 Å². The Labute approximate surface area is 142 Å². The van der Waals surface area contributed by atoms with Crippen molar-refractivity contribution in [1.29, 1.82) is 0 Å². The molecule has 1 amide bonds. The van der Waals surface area contributed by atoms with Crippen LogP contribution in [-0.2, 0) is 14.3 Å². The first-order chi connectivity index (χ1) is 11.4. The molecule has 7 nitrogen and oxygen atoms in total. The number of ether oxygens (including phenoxy) is 2. The van der Waals surface area contributed by atoms with Gasteiger partial charge in [0.05, 0.1) is 19.8 Å². The van der Waals surface area contributed by atoms with Crippen LogP contribution < -0.4 is 0 Å². The number of ketones is 1. The average molecular weight is 338 g/mol. The van der Waals surface area contributed by atoms with E-state index in [0.29, 0.717) is 36.4 Å². The second-order valence-corrected chi connectivity index (χ2v) is 5.43. The van der Waals surface area contributed by atoms with Gasteiger partial charge in [-0.25, -0.2) is 4.79 Å². The fourth-order valence-corrected chi connectivity index (χ4v) is 2.55. The van der Waals surface area contributed by atoms with E-state index in [2.05, 4.69) is 4.98 Å². The number of Topliss-reactive ketones (excluding diaryl/α,β-unsaturated/α-hetero) is 1. The molecule has 1 aromatic rings. The van der Waals surface area contributed by atoms with Crippen LogP contribution in [0.1, 0.15) is 52.4 Å². The number of carbonyl (C=O) groups excluding carboxylic acids is 3. The van der Waals surface area contributed by atoms with Crippen LogP contribution in [0, 0.1) is 13.8 Å². The van der Waals surface area contributed by atoms with Gasteiger partial charge >= 0.3 is 5.97 Å². The maximum Gasteiger partial charge on any atom is 0.355 e. The lowest BCUT2D eigenvalue weighted by Gasteiger charge is -2.21. The fourth-order valence-electron chi connectivity index (χ4n) is 2.55. The molecule has 0 aliphatic rings. The third kappa shape index (κ3) is 4.67. The van der Waals surface area contributed by atoms with E-state index in [1.165, 1.54) is 4.90 Å². The predicted octanol–water partition coefficient (Wildman–Crippen LogP) is 1.88. The second kappa shape index (κ2) is 9.22. The van der Waals surface area contributed by atoms with Gasteiger partial charge in [-0.1, -0.05) is 6.92 Å². The molecule has 0 saturated heterocycles. The average Bonchev–Trinajstić information content (AvgIpc) is 2.85. The Balaban J connectivity index is 3.01. The summed E-state index contributed by atoms with van der Waals surface area (Å²) in [4.78, 5) is 41.0. The second-order valence-electron chi connectivity index (χ2n) is 5.43. The number of H-pyrrole nitrogens is 1. The van der Waals surface area contributed by atoms with Crippen molar-refractivity contribution >= 4 is 17.7 Å². The molecular formula is C17H26N2O5. The van der Waals surface area contributed by atoms with Gasteiger partial charge in [-0.05, 0) is 26.3 Å². The number of carbonyl (C=O) groups is 3. The van der Waals surface area contributed by atoms with Crippen molar-refractivity contribution in [3.8, 4) is 0 Å². The van der Waals surface area contributed by atoms with Crippen LogP contribution in [-0.4, -0.2) is 61.0 Å². The largest absolute Gasteiger partial charge is 0.461 e. The highest BCUT2D eigenvalue weighted by Crippen LogP contribution is 2.20. The topological polar surface area (TPSA) is 88.7 Å². The number of hydrogen-bond donors (Lipinski definition) is 1. The summed E-state index contributed by atoms with van der Waals surface area (Å²) in [7, 11) is 1.54. The molecule has 7 heteroatoms. The molecule has 0 aliphatic carbocycles. The normalized spacial score (nSPS) is 10.5. The fraction of sp³-hybridized carbons (Fsp3) is 0.588. The zero-order chi connectivity index (χ0) is 18.3. The van der Waals surface area contributed by atoms with Gasteiger partial charge in [-0.2, -0.15) is 0 Å². The van der Waals surface area contributed by atoms with Gasteiger partial charge < -0.3 is 19.4 Å². The Morgan fingerprint density at radius 3 is 2.38 bits per heavy atom. The van der Waals surface area contributed by atoms with Crippen molar-refractivity contribution in [3.63, 3.8) is 0 Å². The number of nitrogens with zero attached hydrogens (tertiary/aromatic N) is 1.